The van der Waals surface area contributed by atoms with Crippen molar-refractivity contribution in [3.05, 3.63) is 29.3 Å². The van der Waals surface area contributed by atoms with Crippen LogP contribution in [0.1, 0.15) is 51.0 Å². The van der Waals surface area contributed by atoms with Gasteiger partial charge in [-0.3, -0.25) is 4.79 Å². The first-order valence-electron chi connectivity index (χ1n) is 9.18. The monoisotopic (exact) mass is 352 g/mol. The molecule has 6 heteroatoms. The Morgan fingerprint density at radius 2 is 1.88 bits per heavy atom. The number of carbonyl (C=O) groups excluding carboxylic acids is 1. The molecule has 0 aromatic heterocycles. The van der Waals surface area contributed by atoms with Gasteiger partial charge in [0, 0.05) is 6.54 Å². The zero-order valence-electron chi connectivity index (χ0n) is 14.6. The largest absolute Gasteiger partial charge is 0.484 e. The van der Waals surface area contributed by atoms with E-state index in [1.807, 2.05) is 0 Å². The van der Waals surface area contributed by atoms with Gasteiger partial charge in [-0.15, -0.1) is 0 Å². The number of ether oxygens (including phenoxy) is 1. The predicted octanol–water partition coefficient (Wildman–Crippen LogP) is 3.29. The number of rotatable bonds is 5. The molecular formula is C19H26F2N2O2. The Hall–Kier alpha value is -1.69. The van der Waals surface area contributed by atoms with Crippen LogP contribution in [-0.4, -0.2) is 24.6 Å². The van der Waals surface area contributed by atoms with Gasteiger partial charge in [-0.25, -0.2) is 8.78 Å². The van der Waals surface area contributed by atoms with E-state index in [4.69, 9.17) is 4.74 Å². The van der Waals surface area contributed by atoms with Gasteiger partial charge in [-0.1, -0.05) is 6.92 Å². The average molecular weight is 352 g/mol. The second kappa shape index (κ2) is 8.13. The van der Waals surface area contributed by atoms with Crippen LogP contribution in [0.25, 0.3) is 0 Å². The molecule has 1 aromatic carbocycles. The zero-order chi connectivity index (χ0) is 17.8. The van der Waals surface area contributed by atoms with Crippen molar-refractivity contribution in [2.24, 2.45) is 5.92 Å². The van der Waals surface area contributed by atoms with Gasteiger partial charge in [0.1, 0.15) is 0 Å². The van der Waals surface area contributed by atoms with Gasteiger partial charge in [-0.2, -0.15) is 0 Å². The smallest absolute Gasteiger partial charge is 0.237 e. The maximum Gasteiger partial charge on any atom is 0.237 e. The molecule has 1 aliphatic heterocycles. The van der Waals surface area contributed by atoms with Crippen LogP contribution >= 0.6 is 0 Å². The molecule has 1 aliphatic carbocycles. The highest BCUT2D eigenvalue weighted by Gasteiger charge is 2.24. The number of benzene rings is 1. The fraction of sp³-hybridized carbons (Fsp3) is 0.632. The van der Waals surface area contributed by atoms with E-state index >= 15 is 0 Å². The van der Waals surface area contributed by atoms with E-state index in [0.717, 1.165) is 45.1 Å². The Labute approximate surface area is 147 Å². The van der Waals surface area contributed by atoms with E-state index in [2.05, 4.69) is 17.6 Å². The van der Waals surface area contributed by atoms with E-state index < -0.39 is 11.6 Å². The molecule has 1 heterocycles. The van der Waals surface area contributed by atoms with Crippen molar-refractivity contribution in [3.63, 3.8) is 0 Å². The maximum absolute atomic E-state index is 14.3. The van der Waals surface area contributed by atoms with Crippen LogP contribution in [-0.2, 0) is 11.3 Å². The van der Waals surface area contributed by atoms with E-state index in [-0.39, 0.29) is 30.3 Å². The highest BCUT2D eigenvalue weighted by molar-refractivity contribution is 5.81. The normalized spacial score (nSPS) is 26.4. The summed E-state index contributed by atoms with van der Waals surface area (Å²) >= 11 is 0. The number of amides is 1. The molecule has 1 saturated carbocycles. The summed E-state index contributed by atoms with van der Waals surface area (Å²) in [4.78, 5) is 12.0. The lowest BCUT2D eigenvalue weighted by atomic mass is 9.89. The second-order valence-corrected chi connectivity index (χ2v) is 7.26. The third kappa shape index (κ3) is 4.69. The van der Waals surface area contributed by atoms with E-state index in [9.17, 15) is 13.6 Å². The van der Waals surface area contributed by atoms with Crippen LogP contribution in [0.4, 0.5) is 8.78 Å². The van der Waals surface area contributed by atoms with Crippen LogP contribution in [0.3, 0.4) is 0 Å². The molecule has 0 bridgehead atoms. The maximum atomic E-state index is 14.3. The van der Waals surface area contributed by atoms with E-state index in [1.54, 1.807) is 0 Å². The molecular weight excluding hydrogens is 326 g/mol. The lowest BCUT2D eigenvalue weighted by molar-refractivity contribution is -0.122. The minimum atomic E-state index is -0.707. The van der Waals surface area contributed by atoms with E-state index in [1.165, 1.54) is 12.1 Å². The Bertz CT molecular complexity index is 586. The van der Waals surface area contributed by atoms with Crippen molar-refractivity contribution in [2.75, 3.05) is 6.54 Å². The molecule has 2 aliphatic rings. The number of carbonyl (C=O) groups is 1. The summed E-state index contributed by atoms with van der Waals surface area (Å²) < 4.78 is 34.1. The summed E-state index contributed by atoms with van der Waals surface area (Å²) in [5.74, 6) is -1.19. The minimum absolute atomic E-state index is 0.103. The van der Waals surface area contributed by atoms with Gasteiger partial charge < -0.3 is 15.4 Å². The standard InChI is InChI=1S/C19H26F2N2O2/c1-12-4-6-14(7-5-12)25-18-15(20)9-13(10-16(18)21)11-23-19(24)17-3-2-8-22-17/h9-10,12,14,17,22H,2-8,11H2,1H3,(H,23,24)/t12?,14?,17-/m0/s1. The molecule has 1 saturated heterocycles. The molecule has 2 fully saturated rings. The molecule has 3 rings (SSSR count). The van der Waals surface area contributed by atoms with Crippen molar-refractivity contribution in [2.45, 2.75) is 64.1 Å². The lowest BCUT2D eigenvalue weighted by Gasteiger charge is -2.27. The van der Waals surface area contributed by atoms with Gasteiger partial charge in [0.15, 0.2) is 17.4 Å². The van der Waals surface area contributed by atoms with Gasteiger partial charge in [0.2, 0.25) is 5.91 Å². The average Bonchev–Trinajstić information content (AvgIpc) is 3.12. The molecule has 0 radical (unpaired) electrons. The molecule has 2 N–H and O–H groups in total. The second-order valence-electron chi connectivity index (χ2n) is 7.26. The van der Waals surface area contributed by atoms with Crippen LogP contribution in [0.2, 0.25) is 0 Å². The molecule has 138 valence electrons. The summed E-state index contributed by atoms with van der Waals surface area (Å²) in [6.07, 6.45) is 5.33. The number of nitrogens with one attached hydrogen (secondary N) is 2. The van der Waals surface area contributed by atoms with Crippen molar-refractivity contribution >= 4 is 5.91 Å². The summed E-state index contributed by atoms with van der Waals surface area (Å²) in [5.41, 5.74) is 0.394. The van der Waals surface area contributed by atoms with Crippen molar-refractivity contribution < 1.29 is 18.3 Å². The third-order valence-electron chi connectivity index (χ3n) is 5.15. The Balaban J connectivity index is 1.58. The zero-order valence-corrected chi connectivity index (χ0v) is 14.6. The highest BCUT2D eigenvalue weighted by Crippen LogP contribution is 2.30. The van der Waals surface area contributed by atoms with Gasteiger partial charge in [0.25, 0.3) is 0 Å². The van der Waals surface area contributed by atoms with Crippen LogP contribution < -0.4 is 15.4 Å². The molecule has 1 amide bonds. The highest BCUT2D eigenvalue weighted by atomic mass is 19.1. The molecule has 1 aromatic rings. The third-order valence-corrected chi connectivity index (χ3v) is 5.15. The summed E-state index contributed by atoms with van der Waals surface area (Å²) in [7, 11) is 0. The summed E-state index contributed by atoms with van der Waals surface area (Å²) in [6.45, 7) is 3.11. The summed E-state index contributed by atoms with van der Waals surface area (Å²) in [6, 6.07) is 2.28. The van der Waals surface area contributed by atoms with Gasteiger partial charge in [-0.05, 0) is 68.7 Å². The lowest BCUT2D eigenvalue weighted by Crippen LogP contribution is -2.40. The first-order chi connectivity index (χ1) is 12.0. The number of halogens is 2. The topological polar surface area (TPSA) is 50.4 Å². The molecule has 4 nitrogen and oxygen atoms in total. The SMILES string of the molecule is CC1CCC(Oc2c(F)cc(CNC(=O)[C@@H]3CCCN3)cc2F)CC1. The van der Waals surface area contributed by atoms with Gasteiger partial charge >= 0.3 is 0 Å². The van der Waals surface area contributed by atoms with Crippen LogP contribution in [0, 0.1) is 17.6 Å². The van der Waals surface area contributed by atoms with Crippen molar-refractivity contribution in [1.82, 2.24) is 10.6 Å². The molecule has 25 heavy (non-hydrogen) atoms. The van der Waals surface area contributed by atoms with Crippen LogP contribution in [0.15, 0.2) is 12.1 Å². The molecule has 0 unspecified atom stereocenters. The first kappa shape index (κ1) is 18.1. The molecule has 1 atom stereocenters. The number of hydrogen-bond acceptors (Lipinski definition) is 3. The quantitative estimate of drug-likeness (QED) is 0.855. The van der Waals surface area contributed by atoms with Crippen LogP contribution in [0.5, 0.6) is 5.75 Å². The van der Waals surface area contributed by atoms with Crippen molar-refractivity contribution in [1.29, 1.82) is 0 Å². The van der Waals surface area contributed by atoms with E-state index in [0.29, 0.717) is 11.5 Å². The Morgan fingerprint density at radius 1 is 1.20 bits per heavy atom. The molecule has 0 spiro atoms. The van der Waals surface area contributed by atoms with Crippen molar-refractivity contribution in [3.8, 4) is 5.75 Å². The summed E-state index contributed by atoms with van der Waals surface area (Å²) in [5, 5.41) is 5.82. The fourth-order valence-corrected chi connectivity index (χ4v) is 3.56. The Kier molecular flexibility index (Phi) is 5.89. The number of hydrogen-bond donors (Lipinski definition) is 2. The minimum Gasteiger partial charge on any atom is -0.484 e. The fourth-order valence-electron chi connectivity index (χ4n) is 3.56. The van der Waals surface area contributed by atoms with Gasteiger partial charge in [0.05, 0.1) is 12.1 Å². The first-order valence-corrected chi connectivity index (χ1v) is 9.18. The predicted molar refractivity (Wildman–Crippen MR) is 91.3 cm³/mol. The Morgan fingerprint density at radius 3 is 2.48 bits per heavy atom.